The number of nitrogens with zero attached hydrogens (tertiary/aromatic N) is 4. The Morgan fingerprint density at radius 1 is 1.15 bits per heavy atom. The number of hydrogen-bond acceptors (Lipinski definition) is 5. The molecule has 26 heavy (non-hydrogen) atoms. The highest BCUT2D eigenvalue weighted by Crippen LogP contribution is 2.29. The van der Waals surface area contributed by atoms with Gasteiger partial charge in [-0.05, 0) is 37.1 Å². The van der Waals surface area contributed by atoms with Crippen LogP contribution in [0, 0.1) is 6.92 Å². The average Bonchev–Trinajstić information content (AvgIpc) is 3.09. The Labute approximate surface area is 157 Å². The van der Waals surface area contributed by atoms with Gasteiger partial charge in [0.25, 0.3) is 0 Å². The second kappa shape index (κ2) is 8.62. The minimum absolute atomic E-state index is 0.00152. The van der Waals surface area contributed by atoms with Crippen LogP contribution in [0.2, 0.25) is 0 Å². The fourth-order valence-electron chi connectivity index (χ4n) is 2.53. The number of amides is 1. The molecule has 3 aromatic rings. The quantitative estimate of drug-likeness (QED) is 0.649. The normalized spacial score (nSPS) is 10.7. The molecule has 6 nitrogen and oxygen atoms in total. The Bertz CT molecular complexity index is 879. The molecule has 0 bridgehead atoms. The van der Waals surface area contributed by atoms with Gasteiger partial charge in [-0.15, -0.1) is 10.2 Å². The van der Waals surface area contributed by atoms with Crippen LogP contribution in [0.5, 0.6) is 0 Å². The van der Waals surface area contributed by atoms with E-state index in [1.165, 1.54) is 11.8 Å². The van der Waals surface area contributed by atoms with E-state index in [-0.39, 0.29) is 5.91 Å². The molecular weight excluding hydrogens is 346 g/mol. The Morgan fingerprint density at radius 3 is 2.65 bits per heavy atom. The molecule has 2 heterocycles. The number of hydrogen-bond donors (Lipinski definition) is 1. The van der Waals surface area contributed by atoms with Crippen molar-refractivity contribution < 1.29 is 4.79 Å². The van der Waals surface area contributed by atoms with Crippen molar-refractivity contribution in [2.24, 2.45) is 0 Å². The molecule has 134 valence electrons. The van der Waals surface area contributed by atoms with E-state index in [4.69, 9.17) is 0 Å². The van der Waals surface area contributed by atoms with E-state index >= 15 is 0 Å². The Kier molecular flexibility index (Phi) is 6.01. The zero-order chi connectivity index (χ0) is 18.4. The van der Waals surface area contributed by atoms with Gasteiger partial charge in [-0.2, -0.15) is 0 Å². The molecule has 0 saturated carbocycles. The lowest BCUT2D eigenvalue weighted by atomic mass is 10.2. The van der Waals surface area contributed by atoms with E-state index in [1.54, 1.807) is 12.4 Å². The summed E-state index contributed by atoms with van der Waals surface area (Å²) in [6.45, 7) is 4.77. The lowest BCUT2D eigenvalue weighted by molar-refractivity contribution is -0.118. The SMILES string of the molecule is CCCNC(=O)CSc1nnc(-c2ccncc2)n1-c1ccccc1C. The predicted octanol–water partition coefficient (Wildman–Crippen LogP) is 3.26. The van der Waals surface area contributed by atoms with Crippen LogP contribution >= 0.6 is 11.8 Å². The topological polar surface area (TPSA) is 72.7 Å². The summed E-state index contributed by atoms with van der Waals surface area (Å²) in [5.74, 6) is 1.04. The van der Waals surface area contributed by atoms with Crippen LogP contribution in [0.15, 0.2) is 53.9 Å². The predicted molar refractivity (Wildman–Crippen MR) is 103 cm³/mol. The van der Waals surface area contributed by atoms with E-state index < -0.39 is 0 Å². The maximum atomic E-state index is 12.0. The molecule has 3 rings (SSSR count). The maximum Gasteiger partial charge on any atom is 0.230 e. The van der Waals surface area contributed by atoms with Crippen molar-refractivity contribution in [3.05, 3.63) is 54.4 Å². The van der Waals surface area contributed by atoms with E-state index in [1.807, 2.05) is 54.8 Å². The molecule has 0 spiro atoms. The van der Waals surface area contributed by atoms with Crippen molar-refractivity contribution in [2.45, 2.75) is 25.4 Å². The third-order valence-electron chi connectivity index (χ3n) is 3.83. The van der Waals surface area contributed by atoms with Gasteiger partial charge in [0, 0.05) is 24.5 Å². The number of thioether (sulfide) groups is 1. The lowest BCUT2D eigenvalue weighted by Gasteiger charge is -2.12. The summed E-state index contributed by atoms with van der Waals surface area (Å²) in [4.78, 5) is 16.0. The second-order valence-corrected chi connectivity index (χ2v) is 6.75. The first-order chi connectivity index (χ1) is 12.7. The van der Waals surface area contributed by atoms with Gasteiger partial charge in [0.2, 0.25) is 5.91 Å². The van der Waals surface area contributed by atoms with Crippen LogP contribution in [0.4, 0.5) is 0 Å². The van der Waals surface area contributed by atoms with Gasteiger partial charge in [0.1, 0.15) is 0 Å². The number of carbonyl (C=O) groups is 1. The van der Waals surface area contributed by atoms with Crippen LogP contribution in [-0.2, 0) is 4.79 Å². The minimum Gasteiger partial charge on any atom is -0.355 e. The van der Waals surface area contributed by atoms with Crippen molar-refractivity contribution in [1.29, 1.82) is 0 Å². The fraction of sp³-hybridized carbons (Fsp3) is 0.263. The number of para-hydroxylation sites is 1. The zero-order valence-corrected chi connectivity index (χ0v) is 15.7. The third-order valence-corrected chi connectivity index (χ3v) is 4.76. The van der Waals surface area contributed by atoms with Crippen LogP contribution in [0.1, 0.15) is 18.9 Å². The zero-order valence-electron chi connectivity index (χ0n) is 14.8. The molecule has 0 aliphatic heterocycles. The number of carbonyl (C=O) groups excluding carboxylic acids is 1. The highest BCUT2D eigenvalue weighted by atomic mass is 32.2. The van der Waals surface area contributed by atoms with Gasteiger partial charge in [0.05, 0.1) is 11.4 Å². The summed E-state index contributed by atoms with van der Waals surface area (Å²) in [6, 6.07) is 11.9. The largest absolute Gasteiger partial charge is 0.355 e. The van der Waals surface area contributed by atoms with Gasteiger partial charge < -0.3 is 5.32 Å². The summed E-state index contributed by atoms with van der Waals surface area (Å²) >= 11 is 1.39. The molecule has 0 radical (unpaired) electrons. The van der Waals surface area contributed by atoms with E-state index in [0.29, 0.717) is 17.5 Å². The highest BCUT2D eigenvalue weighted by Gasteiger charge is 2.18. The molecule has 0 aliphatic rings. The van der Waals surface area contributed by atoms with Gasteiger partial charge >= 0.3 is 0 Å². The molecular formula is C19H21N5OS. The van der Waals surface area contributed by atoms with Crippen molar-refractivity contribution in [3.63, 3.8) is 0 Å². The van der Waals surface area contributed by atoms with Crippen LogP contribution in [0.25, 0.3) is 17.1 Å². The number of aromatic nitrogens is 4. The maximum absolute atomic E-state index is 12.0. The number of pyridine rings is 1. The number of aryl methyl sites for hydroxylation is 1. The molecule has 7 heteroatoms. The first-order valence-corrected chi connectivity index (χ1v) is 9.50. The summed E-state index contributed by atoms with van der Waals surface area (Å²) < 4.78 is 2.00. The average molecular weight is 367 g/mol. The van der Waals surface area contributed by atoms with Crippen molar-refractivity contribution in [2.75, 3.05) is 12.3 Å². The van der Waals surface area contributed by atoms with Gasteiger partial charge in [-0.1, -0.05) is 36.9 Å². The summed E-state index contributed by atoms with van der Waals surface area (Å²) in [6.07, 6.45) is 4.39. The van der Waals surface area contributed by atoms with Crippen molar-refractivity contribution >= 4 is 17.7 Å². The molecule has 2 aromatic heterocycles. The van der Waals surface area contributed by atoms with Crippen LogP contribution in [-0.4, -0.2) is 38.0 Å². The number of rotatable bonds is 7. The molecule has 1 N–H and O–H groups in total. The van der Waals surface area contributed by atoms with E-state index in [0.717, 1.165) is 29.1 Å². The monoisotopic (exact) mass is 367 g/mol. The standard InChI is InChI=1S/C19H21N5OS/c1-3-10-21-17(25)13-26-19-23-22-18(15-8-11-20-12-9-15)24(19)16-7-5-4-6-14(16)2/h4-9,11-12H,3,10,13H2,1-2H3,(H,21,25). The molecule has 0 unspecified atom stereocenters. The molecule has 0 aliphatic carbocycles. The third kappa shape index (κ3) is 4.11. The second-order valence-electron chi connectivity index (χ2n) is 5.80. The minimum atomic E-state index is 0.00152. The molecule has 0 saturated heterocycles. The van der Waals surface area contributed by atoms with Gasteiger partial charge in [0.15, 0.2) is 11.0 Å². The molecule has 0 atom stereocenters. The van der Waals surface area contributed by atoms with Crippen LogP contribution < -0.4 is 5.32 Å². The number of benzene rings is 1. The summed E-state index contributed by atoms with van der Waals surface area (Å²) in [7, 11) is 0. The molecule has 1 aromatic carbocycles. The van der Waals surface area contributed by atoms with Gasteiger partial charge in [-0.3, -0.25) is 14.3 Å². The van der Waals surface area contributed by atoms with Gasteiger partial charge in [-0.25, -0.2) is 0 Å². The Morgan fingerprint density at radius 2 is 1.92 bits per heavy atom. The first kappa shape index (κ1) is 18.1. The lowest BCUT2D eigenvalue weighted by Crippen LogP contribution is -2.25. The smallest absolute Gasteiger partial charge is 0.230 e. The number of nitrogens with one attached hydrogen (secondary N) is 1. The van der Waals surface area contributed by atoms with E-state index in [2.05, 4.69) is 20.5 Å². The van der Waals surface area contributed by atoms with Crippen molar-refractivity contribution in [1.82, 2.24) is 25.1 Å². The Hall–Kier alpha value is -2.67. The van der Waals surface area contributed by atoms with Crippen molar-refractivity contribution in [3.8, 4) is 17.1 Å². The van der Waals surface area contributed by atoms with E-state index in [9.17, 15) is 4.79 Å². The first-order valence-electron chi connectivity index (χ1n) is 8.52. The highest BCUT2D eigenvalue weighted by molar-refractivity contribution is 7.99. The fourth-order valence-corrected chi connectivity index (χ4v) is 3.30. The Balaban J connectivity index is 1.96. The molecule has 0 fully saturated rings. The molecule has 1 amide bonds. The van der Waals surface area contributed by atoms with Crippen LogP contribution in [0.3, 0.4) is 0 Å². The summed E-state index contributed by atoms with van der Waals surface area (Å²) in [5.41, 5.74) is 3.04. The summed E-state index contributed by atoms with van der Waals surface area (Å²) in [5, 5.41) is 12.3.